The zero-order chi connectivity index (χ0) is 20.2. The lowest BCUT2D eigenvalue weighted by Gasteiger charge is -2.35. The highest BCUT2D eigenvalue weighted by molar-refractivity contribution is 6.33. The molecule has 0 aliphatic carbocycles. The number of halogens is 2. The van der Waals surface area contributed by atoms with Crippen molar-refractivity contribution in [2.24, 2.45) is 0 Å². The van der Waals surface area contributed by atoms with Crippen molar-refractivity contribution >= 4 is 34.9 Å². The SMILES string of the molecule is O=C(c1ccccc1Cl)N1CCN(c2cc(Oc3ccc(Cl)cc3)ncn2)CC1. The largest absolute Gasteiger partial charge is 0.439 e. The monoisotopic (exact) mass is 428 g/mol. The van der Waals surface area contributed by atoms with Crippen molar-refractivity contribution in [3.8, 4) is 11.6 Å². The number of hydrogen-bond donors (Lipinski definition) is 0. The minimum Gasteiger partial charge on any atom is -0.439 e. The van der Waals surface area contributed by atoms with Crippen molar-refractivity contribution in [3.63, 3.8) is 0 Å². The molecule has 1 fully saturated rings. The second-order valence-electron chi connectivity index (χ2n) is 6.53. The summed E-state index contributed by atoms with van der Waals surface area (Å²) in [7, 11) is 0. The van der Waals surface area contributed by atoms with Gasteiger partial charge < -0.3 is 14.5 Å². The third-order valence-electron chi connectivity index (χ3n) is 4.66. The lowest BCUT2D eigenvalue weighted by molar-refractivity contribution is 0.0746. The first kappa shape index (κ1) is 19.5. The Kier molecular flexibility index (Phi) is 5.83. The molecule has 1 aromatic heterocycles. The molecule has 0 unspecified atom stereocenters. The molecule has 1 saturated heterocycles. The first-order chi connectivity index (χ1) is 14.1. The standard InChI is InChI=1S/C21H18Cl2N4O2/c22-15-5-7-16(8-6-15)29-20-13-19(24-14-25-20)26-9-11-27(12-10-26)21(28)17-3-1-2-4-18(17)23/h1-8,13-14H,9-12H2. The molecule has 6 nitrogen and oxygen atoms in total. The van der Waals surface area contributed by atoms with Crippen LogP contribution in [0.4, 0.5) is 5.82 Å². The molecule has 1 amide bonds. The first-order valence-electron chi connectivity index (χ1n) is 9.14. The predicted molar refractivity (Wildman–Crippen MR) is 113 cm³/mol. The summed E-state index contributed by atoms with van der Waals surface area (Å²) in [5, 5.41) is 1.12. The van der Waals surface area contributed by atoms with Crippen LogP contribution in [0.3, 0.4) is 0 Å². The number of aromatic nitrogens is 2. The van der Waals surface area contributed by atoms with Gasteiger partial charge in [0.1, 0.15) is 17.9 Å². The van der Waals surface area contributed by atoms with Gasteiger partial charge >= 0.3 is 0 Å². The lowest BCUT2D eigenvalue weighted by atomic mass is 10.2. The number of nitrogens with zero attached hydrogens (tertiary/aromatic N) is 4. The fraction of sp³-hybridized carbons (Fsp3) is 0.190. The number of carbonyl (C=O) groups excluding carboxylic acids is 1. The highest BCUT2D eigenvalue weighted by Crippen LogP contribution is 2.25. The normalized spacial score (nSPS) is 14.0. The van der Waals surface area contributed by atoms with Crippen LogP contribution >= 0.6 is 23.2 Å². The van der Waals surface area contributed by atoms with Crippen LogP contribution in [0.25, 0.3) is 0 Å². The fourth-order valence-corrected chi connectivity index (χ4v) is 3.47. The molecule has 2 aromatic carbocycles. The Morgan fingerprint density at radius 1 is 0.931 bits per heavy atom. The molecule has 0 saturated carbocycles. The molecule has 4 rings (SSSR count). The van der Waals surface area contributed by atoms with Crippen LogP contribution in [-0.4, -0.2) is 47.0 Å². The zero-order valence-electron chi connectivity index (χ0n) is 15.5. The van der Waals surface area contributed by atoms with Gasteiger partial charge in [-0.1, -0.05) is 35.3 Å². The van der Waals surface area contributed by atoms with Crippen LogP contribution in [0.15, 0.2) is 60.9 Å². The molecule has 0 bridgehead atoms. The molecule has 1 aliphatic rings. The average Bonchev–Trinajstić information content (AvgIpc) is 2.76. The molecule has 8 heteroatoms. The molecule has 0 N–H and O–H groups in total. The van der Waals surface area contributed by atoms with Crippen molar-refractivity contribution < 1.29 is 9.53 Å². The first-order valence-corrected chi connectivity index (χ1v) is 9.90. The highest BCUT2D eigenvalue weighted by Gasteiger charge is 2.24. The molecule has 2 heterocycles. The summed E-state index contributed by atoms with van der Waals surface area (Å²) < 4.78 is 5.78. The summed E-state index contributed by atoms with van der Waals surface area (Å²) in [6.45, 7) is 2.49. The molecule has 0 atom stereocenters. The van der Waals surface area contributed by atoms with E-state index in [0.29, 0.717) is 53.4 Å². The van der Waals surface area contributed by atoms with Crippen molar-refractivity contribution in [1.29, 1.82) is 0 Å². The van der Waals surface area contributed by atoms with Crippen LogP contribution < -0.4 is 9.64 Å². The minimum atomic E-state index is -0.0512. The van der Waals surface area contributed by atoms with Gasteiger partial charge in [0.05, 0.1) is 10.6 Å². The van der Waals surface area contributed by atoms with E-state index in [1.54, 1.807) is 42.5 Å². The van der Waals surface area contributed by atoms with E-state index in [0.717, 1.165) is 5.82 Å². The van der Waals surface area contributed by atoms with Gasteiger partial charge in [0.15, 0.2) is 0 Å². The van der Waals surface area contributed by atoms with E-state index in [1.165, 1.54) is 6.33 Å². The van der Waals surface area contributed by atoms with Gasteiger partial charge in [-0.3, -0.25) is 4.79 Å². The highest BCUT2D eigenvalue weighted by atomic mass is 35.5. The Hall–Kier alpha value is -2.83. The van der Waals surface area contributed by atoms with Gasteiger partial charge in [0, 0.05) is 37.3 Å². The molecule has 29 heavy (non-hydrogen) atoms. The summed E-state index contributed by atoms with van der Waals surface area (Å²) in [5.74, 6) is 1.81. The van der Waals surface area contributed by atoms with Gasteiger partial charge in [-0.25, -0.2) is 9.97 Å². The Labute approximate surface area is 178 Å². The predicted octanol–water partition coefficient (Wildman–Crippen LogP) is 4.54. The number of benzene rings is 2. The second-order valence-corrected chi connectivity index (χ2v) is 7.37. The molecule has 0 spiro atoms. The quantitative estimate of drug-likeness (QED) is 0.610. The molecule has 148 valence electrons. The van der Waals surface area contributed by atoms with Gasteiger partial charge in [0.2, 0.25) is 5.88 Å². The average molecular weight is 429 g/mol. The number of anilines is 1. The van der Waals surface area contributed by atoms with Gasteiger partial charge in [-0.05, 0) is 36.4 Å². The molecule has 1 aliphatic heterocycles. The molecule has 3 aromatic rings. The van der Waals surface area contributed by atoms with E-state index < -0.39 is 0 Å². The van der Waals surface area contributed by atoms with Gasteiger partial charge in [-0.15, -0.1) is 0 Å². The van der Waals surface area contributed by atoms with Crippen molar-refractivity contribution in [3.05, 3.63) is 76.5 Å². The van der Waals surface area contributed by atoms with Crippen molar-refractivity contribution in [2.45, 2.75) is 0 Å². The van der Waals surface area contributed by atoms with E-state index in [2.05, 4.69) is 14.9 Å². The molecular formula is C21H18Cl2N4O2. The Bertz CT molecular complexity index is 1010. The van der Waals surface area contributed by atoms with Crippen molar-refractivity contribution in [1.82, 2.24) is 14.9 Å². The Morgan fingerprint density at radius 3 is 2.38 bits per heavy atom. The van der Waals surface area contributed by atoms with E-state index >= 15 is 0 Å². The fourth-order valence-electron chi connectivity index (χ4n) is 3.13. The van der Waals surface area contributed by atoms with Crippen LogP contribution in [-0.2, 0) is 0 Å². The van der Waals surface area contributed by atoms with Gasteiger partial charge in [-0.2, -0.15) is 0 Å². The number of hydrogen-bond acceptors (Lipinski definition) is 5. The van der Waals surface area contributed by atoms with Crippen LogP contribution in [0.5, 0.6) is 11.6 Å². The Balaban J connectivity index is 1.40. The number of ether oxygens (including phenoxy) is 1. The van der Waals surface area contributed by atoms with E-state index in [-0.39, 0.29) is 5.91 Å². The summed E-state index contributed by atoms with van der Waals surface area (Å²) in [4.78, 5) is 25.1. The van der Waals surface area contributed by atoms with E-state index in [1.807, 2.05) is 17.0 Å². The second kappa shape index (κ2) is 8.68. The maximum Gasteiger partial charge on any atom is 0.255 e. The maximum absolute atomic E-state index is 12.7. The third kappa shape index (κ3) is 4.60. The topological polar surface area (TPSA) is 58.6 Å². The number of piperazine rings is 1. The minimum absolute atomic E-state index is 0.0512. The summed E-state index contributed by atoms with van der Waals surface area (Å²) >= 11 is 12.1. The smallest absolute Gasteiger partial charge is 0.255 e. The van der Waals surface area contributed by atoms with Crippen LogP contribution in [0.1, 0.15) is 10.4 Å². The lowest BCUT2D eigenvalue weighted by Crippen LogP contribution is -2.49. The van der Waals surface area contributed by atoms with Crippen LogP contribution in [0, 0.1) is 0 Å². The third-order valence-corrected chi connectivity index (χ3v) is 5.24. The van der Waals surface area contributed by atoms with Gasteiger partial charge in [0.25, 0.3) is 5.91 Å². The maximum atomic E-state index is 12.7. The summed E-state index contributed by atoms with van der Waals surface area (Å²) in [6.07, 6.45) is 1.47. The number of rotatable bonds is 4. The van der Waals surface area contributed by atoms with Crippen LogP contribution in [0.2, 0.25) is 10.0 Å². The molecule has 0 radical (unpaired) electrons. The summed E-state index contributed by atoms with van der Waals surface area (Å²) in [5.41, 5.74) is 0.531. The zero-order valence-corrected chi connectivity index (χ0v) is 17.0. The number of carbonyl (C=O) groups is 1. The van der Waals surface area contributed by atoms with E-state index in [9.17, 15) is 4.79 Å². The summed E-state index contributed by atoms with van der Waals surface area (Å²) in [6, 6.07) is 16.0. The Morgan fingerprint density at radius 2 is 1.66 bits per heavy atom. The van der Waals surface area contributed by atoms with Crippen molar-refractivity contribution in [2.75, 3.05) is 31.1 Å². The molecular weight excluding hydrogens is 411 g/mol. The number of amides is 1. The van der Waals surface area contributed by atoms with E-state index in [4.69, 9.17) is 27.9 Å².